The van der Waals surface area contributed by atoms with Gasteiger partial charge in [-0.05, 0) is 24.3 Å². The zero-order valence-electron chi connectivity index (χ0n) is 15.1. The van der Waals surface area contributed by atoms with Crippen LogP contribution in [-0.2, 0) is 9.53 Å². The molecule has 3 rings (SSSR count). The third kappa shape index (κ3) is 5.41. The van der Waals surface area contributed by atoms with Crippen LogP contribution in [0.25, 0.3) is 0 Å². The van der Waals surface area contributed by atoms with Crippen LogP contribution in [-0.4, -0.2) is 61.7 Å². The topological polar surface area (TPSA) is 92.8 Å². The van der Waals surface area contributed by atoms with Gasteiger partial charge in [-0.1, -0.05) is 0 Å². The summed E-state index contributed by atoms with van der Waals surface area (Å²) < 4.78 is 10.3. The molecular weight excluding hydrogens is 368 g/mol. The molecule has 0 bridgehead atoms. The molecule has 144 valence electrons. The first kappa shape index (κ1) is 19.1. The Hall–Kier alpha value is -2.65. The van der Waals surface area contributed by atoms with E-state index in [1.807, 2.05) is 24.3 Å². The minimum atomic E-state index is -0.288. The number of carbonyl (C=O) groups is 2. The van der Waals surface area contributed by atoms with Crippen LogP contribution >= 0.6 is 11.3 Å². The van der Waals surface area contributed by atoms with Gasteiger partial charge in [0.1, 0.15) is 11.4 Å². The molecule has 0 unspecified atom stereocenters. The minimum Gasteiger partial charge on any atom is -0.497 e. The summed E-state index contributed by atoms with van der Waals surface area (Å²) in [6, 6.07) is 7.43. The SMILES string of the molecule is COc1ccc(Nc2nc(C(=O)NCCC(=O)N3CCOCC3)cs2)cc1. The summed E-state index contributed by atoms with van der Waals surface area (Å²) in [5.74, 6) is 0.508. The van der Waals surface area contributed by atoms with Crippen molar-refractivity contribution in [2.45, 2.75) is 6.42 Å². The number of hydrogen-bond acceptors (Lipinski definition) is 7. The predicted octanol–water partition coefficient (Wildman–Crippen LogP) is 1.87. The molecule has 9 heteroatoms. The number of nitrogens with zero attached hydrogens (tertiary/aromatic N) is 2. The van der Waals surface area contributed by atoms with Gasteiger partial charge in [-0.25, -0.2) is 4.98 Å². The zero-order valence-corrected chi connectivity index (χ0v) is 15.9. The highest BCUT2D eigenvalue weighted by molar-refractivity contribution is 7.14. The van der Waals surface area contributed by atoms with Crippen LogP contribution in [0, 0.1) is 0 Å². The summed E-state index contributed by atoms with van der Waals surface area (Å²) in [5.41, 5.74) is 1.18. The van der Waals surface area contributed by atoms with Crippen molar-refractivity contribution in [3.63, 3.8) is 0 Å². The summed E-state index contributed by atoms with van der Waals surface area (Å²) in [7, 11) is 1.61. The van der Waals surface area contributed by atoms with Gasteiger partial charge in [0.2, 0.25) is 5.91 Å². The number of amides is 2. The average Bonchev–Trinajstić information content (AvgIpc) is 3.17. The lowest BCUT2D eigenvalue weighted by molar-refractivity contribution is -0.135. The number of morpholine rings is 1. The highest BCUT2D eigenvalue weighted by Gasteiger charge is 2.17. The van der Waals surface area contributed by atoms with E-state index in [1.54, 1.807) is 17.4 Å². The molecule has 1 aliphatic rings. The maximum atomic E-state index is 12.2. The summed E-state index contributed by atoms with van der Waals surface area (Å²) in [4.78, 5) is 30.3. The first-order valence-electron chi connectivity index (χ1n) is 8.66. The number of methoxy groups -OCH3 is 1. The standard InChI is InChI=1S/C18H22N4O4S/c1-25-14-4-2-13(3-5-14)20-18-21-15(12-27-18)17(24)19-7-6-16(23)22-8-10-26-11-9-22/h2-5,12H,6-11H2,1H3,(H,19,24)(H,20,21). The molecule has 27 heavy (non-hydrogen) atoms. The monoisotopic (exact) mass is 390 g/mol. The third-order valence-electron chi connectivity index (χ3n) is 4.07. The van der Waals surface area contributed by atoms with E-state index in [0.717, 1.165) is 11.4 Å². The Bertz CT molecular complexity index is 772. The van der Waals surface area contributed by atoms with Gasteiger partial charge in [-0.2, -0.15) is 0 Å². The summed E-state index contributed by atoms with van der Waals surface area (Å²) in [6.07, 6.45) is 0.271. The van der Waals surface area contributed by atoms with Crippen molar-refractivity contribution in [1.82, 2.24) is 15.2 Å². The van der Waals surface area contributed by atoms with E-state index >= 15 is 0 Å². The lowest BCUT2D eigenvalue weighted by atomic mass is 10.3. The summed E-state index contributed by atoms with van der Waals surface area (Å²) in [5, 5.41) is 8.20. The van der Waals surface area contributed by atoms with E-state index < -0.39 is 0 Å². The molecule has 2 N–H and O–H groups in total. The first-order chi connectivity index (χ1) is 13.2. The van der Waals surface area contributed by atoms with Crippen molar-refractivity contribution in [3.8, 4) is 5.75 Å². The van der Waals surface area contributed by atoms with E-state index in [9.17, 15) is 9.59 Å². The van der Waals surface area contributed by atoms with Crippen LogP contribution in [0.1, 0.15) is 16.9 Å². The van der Waals surface area contributed by atoms with Gasteiger partial charge in [-0.3, -0.25) is 9.59 Å². The number of thiazole rings is 1. The van der Waals surface area contributed by atoms with Crippen molar-refractivity contribution in [1.29, 1.82) is 0 Å². The summed E-state index contributed by atoms with van der Waals surface area (Å²) in [6.45, 7) is 2.65. The number of carbonyl (C=O) groups excluding carboxylic acids is 2. The quantitative estimate of drug-likeness (QED) is 0.750. The molecule has 0 spiro atoms. The molecule has 1 aliphatic heterocycles. The minimum absolute atomic E-state index is 0.0266. The zero-order chi connectivity index (χ0) is 19.1. The van der Waals surface area contributed by atoms with Gasteiger partial charge in [0.05, 0.1) is 20.3 Å². The molecule has 0 radical (unpaired) electrons. The van der Waals surface area contributed by atoms with Crippen LogP contribution in [0.3, 0.4) is 0 Å². The highest BCUT2D eigenvalue weighted by atomic mass is 32.1. The fourth-order valence-corrected chi connectivity index (χ4v) is 3.29. The number of aromatic nitrogens is 1. The summed E-state index contributed by atoms with van der Waals surface area (Å²) >= 11 is 1.34. The molecule has 2 amide bonds. The number of ether oxygens (including phenoxy) is 2. The van der Waals surface area contributed by atoms with Crippen molar-refractivity contribution in [2.24, 2.45) is 0 Å². The molecule has 2 heterocycles. The van der Waals surface area contributed by atoms with Gasteiger partial charge in [0.15, 0.2) is 5.13 Å². The normalized spacial score (nSPS) is 13.9. The molecular formula is C18H22N4O4S. The fraction of sp³-hybridized carbons (Fsp3) is 0.389. The van der Waals surface area contributed by atoms with E-state index in [4.69, 9.17) is 9.47 Å². The van der Waals surface area contributed by atoms with E-state index in [0.29, 0.717) is 37.1 Å². The van der Waals surface area contributed by atoms with Crippen LogP contribution in [0.15, 0.2) is 29.6 Å². The fourth-order valence-electron chi connectivity index (χ4n) is 2.58. The molecule has 1 aromatic carbocycles. The first-order valence-corrected chi connectivity index (χ1v) is 9.54. The molecule has 0 aliphatic carbocycles. The third-order valence-corrected chi connectivity index (χ3v) is 4.82. The molecule has 0 saturated carbocycles. The Morgan fingerprint density at radius 1 is 1.26 bits per heavy atom. The van der Waals surface area contributed by atoms with Gasteiger partial charge >= 0.3 is 0 Å². The number of nitrogens with one attached hydrogen (secondary N) is 2. The molecule has 0 atom stereocenters. The second kappa shape index (κ2) is 9.33. The Labute approximate surface area is 161 Å². The Balaban J connectivity index is 1.45. The Morgan fingerprint density at radius 2 is 2.00 bits per heavy atom. The molecule has 1 fully saturated rings. The number of anilines is 2. The largest absolute Gasteiger partial charge is 0.497 e. The van der Waals surface area contributed by atoms with Crippen molar-refractivity contribution < 1.29 is 19.1 Å². The second-order valence-corrected chi connectivity index (χ2v) is 6.75. The van der Waals surface area contributed by atoms with Gasteiger partial charge < -0.3 is 25.0 Å². The average molecular weight is 390 g/mol. The van der Waals surface area contributed by atoms with Crippen molar-refractivity contribution in [3.05, 3.63) is 35.3 Å². The molecule has 1 aromatic heterocycles. The van der Waals surface area contributed by atoms with Gasteiger partial charge in [-0.15, -0.1) is 11.3 Å². The van der Waals surface area contributed by atoms with E-state index in [2.05, 4.69) is 15.6 Å². The number of hydrogen-bond donors (Lipinski definition) is 2. The molecule has 1 saturated heterocycles. The van der Waals surface area contributed by atoms with E-state index in [1.165, 1.54) is 11.3 Å². The lowest BCUT2D eigenvalue weighted by Crippen LogP contribution is -2.42. The van der Waals surface area contributed by atoms with E-state index in [-0.39, 0.29) is 24.8 Å². The van der Waals surface area contributed by atoms with Crippen LogP contribution in [0.5, 0.6) is 5.75 Å². The highest BCUT2D eigenvalue weighted by Crippen LogP contribution is 2.22. The predicted molar refractivity (Wildman–Crippen MR) is 103 cm³/mol. The number of benzene rings is 1. The Kier molecular flexibility index (Phi) is 6.61. The van der Waals surface area contributed by atoms with Gasteiger partial charge in [0, 0.05) is 37.1 Å². The van der Waals surface area contributed by atoms with Crippen molar-refractivity contribution >= 4 is 34.0 Å². The van der Waals surface area contributed by atoms with Crippen molar-refractivity contribution in [2.75, 3.05) is 45.3 Å². The van der Waals surface area contributed by atoms with Crippen LogP contribution < -0.4 is 15.4 Å². The smallest absolute Gasteiger partial charge is 0.270 e. The maximum absolute atomic E-state index is 12.2. The van der Waals surface area contributed by atoms with Gasteiger partial charge in [0.25, 0.3) is 5.91 Å². The second-order valence-electron chi connectivity index (χ2n) is 5.89. The van der Waals surface area contributed by atoms with Crippen LogP contribution in [0.2, 0.25) is 0 Å². The lowest BCUT2D eigenvalue weighted by Gasteiger charge is -2.26. The van der Waals surface area contributed by atoms with Crippen LogP contribution in [0.4, 0.5) is 10.8 Å². The maximum Gasteiger partial charge on any atom is 0.270 e. The molecule has 8 nitrogen and oxygen atoms in total. The molecule has 2 aromatic rings. The Morgan fingerprint density at radius 3 is 2.70 bits per heavy atom. The number of rotatable bonds is 7.